The van der Waals surface area contributed by atoms with E-state index in [2.05, 4.69) is 5.10 Å². The summed E-state index contributed by atoms with van der Waals surface area (Å²) in [6.07, 6.45) is 2.40. The first kappa shape index (κ1) is 15.7. The number of nitrogens with zero attached hydrogens (tertiary/aromatic N) is 2. The SMILES string of the molecule is CCc1nn(CCS(C)(=O)=O)c(CC)c1CC(=O)O. The van der Waals surface area contributed by atoms with E-state index in [1.807, 2.05) is 13.8 Å². The molecule has 0 aliphatic carbocycles. The van der Waals surface area contributed by atoms with Crippen LogP contribution in [0.15, 0.2) is 0 Å². The number of aryl methyl sites for hydroxylation is 2. The fourth-order valence-electron chi connectivity index (χ4n) is 2.06. The Balaban J connectivity index is 3.11. The van der Waals surface area contributed by atoms with Crippen LogP contribution in [0.5, 0.6) is 0 Å². The maximum atomic E-state index is 11.2. The normalized spacial score (nSPS) is 11.7. The highest BCUT2D eigenvalue weighted by atomic mass is 32.2. The van der Waals surface area contributed by atoms with Crippen LogP contribution in [0, 0.1) is 0 Å². The van der Waals surface area contributed by atoms with Gasteiger partial charge in [-0.05, 0) is 12.8 Å². The summed E-state index contributed by atoms with van der Waals surface area (Å²) in [5.74, 6) is -0.885. The van der Waals surface area contributed by atoms with E-state index in [0.717, 1.165) is 17.0 Å². The fourth-order valence-corrected chi connectivity index (χ4v) is 2.57. The van der Waals surface area contributed by atoms with E-state index in [1.165, 1.54) is 6.26 Å². The predicted octanol–water partition coefficient (Wildman–Crippen LogP) is 0.680. The largest absolute Gasteiger partial charge is 0.481 e. The second-order valence-corrected chi connectivity index (χ2v) is 6.76. The standard InChI is InChI=1S/C12H20N2O4S/c1-4-10-9(8-12(15)16)11(5-2)14(13-10)6-7-19(3,17)18/h4-8H2,1-3H3,(H,15,16). The van der Waals surface area contributed by atoms with Crippen molar-refractivity contribution in [3.05, 3.63) is 17.0 Å². The molecule has 0 spiro atoms. The maximum absolute atomic E-state index is 11.2. The molecule has 1 N–H and O–H groups in total. The van der Waals surface area contributed by atoms with Crippen molar-refractivity contribution >= 4 is 15.8 Å². The summed E-state index contributed by atoms with van der Waals surface area (Å²) in [6, 6.07) is 0. The third kappa shape index (κ3) is 4.34. The summed E-state index contributed by atoms with van der Waals surface area (Å²) >= 11 is 0. The molecule has 1 rings (SSSR count). The average Bonchev–Trinajstić information content (AvgIpc) is 2.62. The molecule has 0 aliphatic heterocycles. The number of aliphatic carboxylic acids is 1. The minimum absolute atomic E-state index is 0.0113. The molecule has 0 radical (unpaired) electrons. The lowest BCUT2D eigenvalue weighted by atomic mass is 10.1. The highest BCUT2D eigenvalue weighted by molar-refractivity contribution is 7.90. The number of hydrogen-bond acceptors (Lipinski definition) is 4. The molecule has 0 aliphatic rings. The van der Waals surface area contributed by atoms with Crippen molar-refractivity contribution in [1.29, 1.82) is 0 Å². The lowest BCUT2D eigenvalue weighted by Crippen LogP contribution is -2.14. The third-order valence-electron chi connectivity index (χ3n) is 2.92. The first-order valence-electron chi connectivity index (χ1n) is 6.25. The summed E-state index contributed by atoms with van der Waals surface area (Å²) in [4.78, 5) is 10.9. The van der Waals surface area contributed by atoms with Crippen molar-refractivity contribution in [3.63, 3.8) is 0 Å². The van der Waals surface area contributed by atoms with Gasteiger partial charge in [0, 0.05) is 17.5 Å². The Morgan fingerprint density at radius 1 is 1.32 bits per heavy atom. The molecular weight excluding hydrogens is 268 g/mol. The Morgan fingerprint density at radius 3 is 2.37 bits per heavy atom. The highest BCUT2D eigenvalue weighted by Crippen LogP contribution is 2.17. The predicted molar refractivity (Wildman–Crippen MR) is 72.0 cm³/mol. The van der Waals surface area contributed by atoms with Crippen molar-refractivity contribution in [3.8, 4) is 0 Å². The molecule has 0 fully saturated rings. The minimum Gasteiger partial charge on any atom is -0.481 e. The van der Waals surface area contributed by atoms with Crippen molar-refractivity contribution in [1.82, 2.24) is 9.78 Å². The van der Waals surface area contributed by atoms with Gasteiger partial charge in [0.2, 0.25) is 0 Å². The molecule has 0 saturated heterocycles. The Kier molecular flexibility index (Phi) is 5.11. The number of carboxylic acids is 1. The summed E-state index contributed by atoms with van der Waals surface area (Å²) in [7, 11) is -3.06. The molecule has 7 heteroatoms. The fraction of sp³-hybridized carbons (Fsp3) is 0.667. The van der Waals surface area contributed by atoms with Gasteiger partial charge >= 0.3 is 5.97 Å². The van der Waals surface area contributed by atoms with Gasteiger partial charge in [0.1, 0.15) is 9.84 Å². The van der Waals surface area contributed by atoms with Crippen LogP contribution in [-0.4, -0.2) is 41.3 Å². The number of aromatic nitrogens is 2. The molecule has 19 heavy (non-hydrogen) atoms. The zero-order valence-corrected chi connectivity index (χ0v) is 12.3. The Bertz CT molecular complexity index is 561. The van der Waals surface area contributed by atoms with Crippen LogP contribution < -0.4 is 0 Å². The zero-order valence-electron chi connectivity index (χ0n) is 11.5. The van der Waals surface area contributed by atoms with E-state index >= 15 is 0 Å². The van der Waals surface area contributed by atoms with Crippen LogP contribution in [0.4, 0.5) is 0 Å². The van der Waals surface area contributed by atoms with E-state index in [-0.39, 0.29) is 18.7 Å². The summed E-state index contributed by atoms with van der Waals surface area (Å²) in [5.41, 5.74) is 2.29. The molecule has 1 heterocycles. The van der Waals surface area contributed by atoms with E-state index in [9.17, 15) is 13.2 Å². The average molecular weight is 288 g/mol. The monoisotopic (exact) mass is 288 g/mol. The smallest absolute Gasteiger partial charge is 0.307 e. The number of carboxylic acid groups (broad SMARTS) is 1. The molecule has 0 bridgehead atoms. The van der Waals surface area contributed by atoms with Gasteiger partial charge in [-0.2, -0.15) is 5.10 Å². The minimum atomic E-state index is -3.06. The number of sulfone groups is 1. The zero-order chi connectivity index (χ0) is 14.6. The van der Waals surface area contributed by atoms with Gasteiger partial charge in [0.05, 0.1) is 24.4 Å². The Hall–Kier alpha value is -1.37. The van der Waals surface area contributed by atoms with Crippen molar-refractivity contribution in [2.75, 3.05) is 12.0 Å². The van der Waals surface area contributed by atoms with E-state index in [4.69, 9.17) is 5.11 Å². The van der Waals surface area contributed by atoms with Crippen molar-refractivity contribution in [2.45, 2.75) is 39.7 Å². The van der Waals surface area contributed by atoms with Crippen LogP contribution in [0.3, 0.4) is 0 Å². The van der Waals surface area contributed by atoms with E-state index in [0.29, 0.717) is 12.8 Å². The van der Waals surface area contributed by atoms with Gasteiger partial charge < -0.3 is 5.11 Å². The molecule has 1 aromatic heterocycles. The van der Waals surface area contributed by atoms with Crippen LogP contribution in [-0.2, 0) is 40.4 Å². The number of hydrogen-bond donors (Lipinski definition) is 1. The van der Waals surface area contributed by atoms with Gasteiger partial charge in [-0.25, -0.2) is 8.42 Å². The van der Waals surface area contributed by atoms with Gasteiger partial charge in [0.15, 0.2) is 0 Å². The molecule has 0 saturated carbocycles. The Morgan fingerprint density at radius 2 is 1.95 bits per heavy atom. The first-order chi connectivity index (χ1) is 8.78. The van der Waals surface area contributed by atoms with Crippen LogP contribution >= 0.6 is 0 Å². The van der Waals surface area contributed by atoms with Crippen LogP contribution in [0.25, 0.3) is 0 Å². The van der Waals surface area contributed by atoms with Gasteiger partial charge in [-0.1, -0.05) is 13.8 Å². The first-order valence-corrected chi connectivity index (χ1v) is 8.31. The molecule has 0 unspecified atom stereocenters. The van der Waals surface area contributed by atoms with E-state index in [1.54, 1.807) is 4.68 Å². The Labute approximate surface area is 113 Å². The lowest BCUT2D eigenvalue weighted by Gasteiger charge is -2.06. The van der Waals surface area contributed by atoms with Gasteiger partial charge in [0.25, 0.3) is 0 Å². The molecule has 0 aromatic carbocycles. The van der Waals surface area contributed by atoms with Gasteiger partial charge in [-0.15, -0.1) is 0 Å². The maximum Gasteiger partial charge on any atom is 0.307 e. The molecule has 108 valence electrons. The lowest BCUT2D eigenvalue weighted by molar-refractivity contribution is -0.136. The number of rotatable bonds is 7. The molecular formula is C12H20N2O4S. The van der Waals surface area contributed by atoms with Crippen molar-refractivity contribution in [2.24, 2.45) is 0 Å². The summed E-state index contributed by atoms with van der Waals surface area (Å²) < 4.78 is 24.1. The van der Waals surface area contributed by atoms with Crippen molar-refractivity contribution < 1.29 is 18.3 Å². The number of carbonyl (C=O) groups is 1. The highest BCUT2D eigenvalue weighted by Gasteiger charge is 2.18. The second-order valence-electron chi connectivity index (χ2n) is 4.50. The summed E-state index contributed by atoms with van der Waals surface area (Å²) in [6.45, 7) is 4.10. The molecule has 1 aromatic rings. The van der Waals surface area contributed by atoms with Crippen LogP contribution in [0.1, 0.15) is 30.8 Å². The van der Waals surface area contributed by atoms with E-state index < -0.39 is 15.8 Å². The molecule has 0 amide bonds. The van der Waals surface area contributed by atoms with Crippen LogP contribution in [0.2, 0.25) is 0 Å². The molecule has 6 nitrogen and oxygen atoms in total. The quantitative estimate of drug-likeness (QED) is 0.797. The topological polar surface area (TPSA) is 89.3 Å². The van der Waals surface area contributed by atoms with Gasteiger partial charge in [-0.3, -0.25) is 9.48 Å². The second kappa shape index (κ2) is 6.18. The molecule has 0 atom stereocenters. The summed E-state index contributed by atoms with van der Waals surface area (Å²) in [5, 5.41) is 13.3. The third-order valence-corrected chi connectivity index (χ3v) is 3.85.